The van der Waals surface area contributed by atoms with Gasteiger partial charge in [0.05, 0.1) is 5.41 Å². The number of hydrogen-bond acceptors (Lipinski definition) is 3. The summed E-state index contributed by atoms with van der Waals surface area (Å²) in [6.45, 7) is 1.06. The fourth-order valence-electron chi connectivity index (χ4n) is 3.61. The van der Waals surface area contributed by atoms with Gasteiger partial charge in [0.15, 0.2) is 0 Å². The number of aliphatic carboxylic acids is 1. The monoisotopic (exact) mass is 381 g/mol. The van der Waals surface area contributed by atoms with Crippen LogP contribution in [0.1, 0.15) is 34.3 Å². The maximum Gasteiger partial charge on any atom is 0.314 e. The Labute approximate surface area is 163 Å². The Hall–Kier alpha value is -3.35. The van der Waals surface area contributed by atoms with E-state index in [-0.39, 0.29) is 5.91 Å². The number of carbonyl (C=O) groups is 3. The van der Waals surface area contributed by atoms with E-state index in [0.717, 1.165) is 11.1 Å². The van der Waals surface area contributed by atoms with Crippen molar-refractivity contribution in [2.75, 3.05) is 13.1 Å². The summed E-state index contributed by atoms with van der Waals surface area (Å²) in [5.74, 6) is -0.974. The van der Waals surface area contributed by atoms with Crippen molar-refractivity contribution >= 4 is 17.9 Å². The average molecular weight is 381 g/mol. The molecule has 2 aromatic rings. The molecule has 1 aliphatic rings. The summed E-state index contributed by atoms with van der Waals surface area (Å²) >= 11 is 0. The van der Waals surface area contributed by atoms with E-state index in [9.17, 15) is 19.5 Å². The largest absolute Gasteiger partial charge is 0.481 e. The Morgan fingerprint density at radius 3 is 2.14 bits per heavy atom. The molecule has 7 nitrogen and oxygen atoms in total. The summed E-state index contributed by atoms with van der Waals surface area (Å²) < 4.78 is 0. The molecule has 3 amide bonds. The number of urea groups is 1. The number of carbonyl (C=O) groups excluding carboxylic acids is 2. The molecule has 1 fully saturated rings. The molecule has 7 heteroatoms. The molecule has 1 aliphatic heterocycles. The number of likely N-dealkylation sites (tertiary alicyclic amines) is 1. The first-order chi connectivity index (χ1) is 13.4. The van der Waals surface area contributed by atoms with Crippen LogP contribution in [0.3, 0.4) is 0 Å². The lowest BCUT2D eigenvalue weighted by atomic mass is 9.73. The number of nitrogens with one attached hydrogen (secondary N) is 1. The molecule has 1 saturated heterocycles. The number of hydrogen-bond donors (Lipinski definition) is 3. The third kappa shape index (κ3) is 3.98. The van der Waals surface area contributed by atoms with Gasteiger partial charge in [0.1, 0.15) is 0 Å². The van der Waals surface area contributed by atoms with Gasteiger partial charge in [-0.1, -0.05) is 42.5 Å². The van der Waals surface area contributed by atoms with Crippen molar-refractivity contribution in [3.05, 3.63) is 71.3 Å². The van der Waals surface area contributed by atoms with Crippen molar-refractivity contribution in [1.82, 2.24) is 10.2 Å². The van der Waals surface area contributed by atoms with Gasteiger partial charge in [-0.3, -0.25) is 9.59 Å². The van der Waals surface area contributed by atoms with Crippen molar-refractivity contribution < 1.29 is 19.5 Å². The molecule has 146 valence electrons. The van der Waals surface area contributed by atoms with Crippen LogP contribution in [0.2, 0.25) is 0 Å². The standard InChI is InChI=1S/C21H23N3O4/c22-20(28)23-14-15-6-8-16(9-7-15)18(25)24-12-10-21(11-13-24,19(26)27)17-4-2-1-3-5-17/h1-9H,10-14H2,(H,26,27)(H3,22,23,28). The van der Waals surface area contributed by atoms with Gasteiger partial charge in [-0.15, -0.1) is 0 Å². The zero-order chi connectivity index (χ0) is 20.1. The van der Waals surface area contributed by atoms with Crippen LogP contribution in [0.5, 0.6) is 0 Å². The summed E-state index contributed by atoms with van der Waals surface area (Å²) in [7, 11) is 0. The first-order valence-corrected chi connectivity index (χ1v) is 9.13. The molecule has 0 aliphatic carbocycles. The van der Waals surface area contributed by atoms with Crippen LogP contribution in [-0.4, -0.2) is 41.0 Å². The molecule has 0 atom stereocenters. The topological polar surface area (TPSA) is 113 Å². The lowest BCUT2D eigenvalue weighted by molar-refractivity contribution is -0.145. The van der Waals surface area contributed by atoms with Crippen molar-refractivity contribution in [1.29, 1.82) is 0 Å². The van der Waals surface area contributed by atoms with Gasteiger partial charge < -0.3 is 21.1 Å². The lowest BCUT2D eigenvalue weighted by Gasteiger charge is -2.39. The second-order valence-electron chi connectivity index (χ2n) is 6.96. The number of nitrogens with zero attached hydrogens (tertiary/aromatic N) is 1. The summed E-state index contributed by atoms with van der Waals surface area (Å²) in [5.41, 5.74) is 6.24. The smallest absolute Gasteiger partial charge is 0.314 e. The third-order valence-electron chi connectivity index (χ3n) is 5.31. The number of amides is 3. The Balaban J connectivity index is 1.68. The quantitative estimate of drug-likeness (QED) is 0.736. The molecule has 3 rings (SSSR count). The molecular weight excluding hydrogens is 358 g/mol. The van der Waals surface area contributed by atoms with Crippen molar-refractivity contribution in [2.24, 2.45) is 5.73 Å². The highest BCUT2D eigenvalue weighted by atomic mass is 16.4. The minimum Gasteiger partial charge on any atom is -0.481 e. The highest BCUT2D eigenvalue weighted by molar-refractivity contribution is 5.94. The Bertz CT molecular complexity index is 857. The number of rotatable bonds is 5. The maximum atomic E-state index is 12.8. The van der Waals surface area contributed by atoms with Crippen LogP contribution in [0.4, 0.5) is 4.79 Å². The molecule has 0 bridgehead atoms. The van der Waals surface area contributed by atoms with Gasteiger partial charge in [0, 0.05) is 25.2 Å². The van der Waals surface area contributed by atoms with Crippen LogP contribution in [0, 0.1) is 0 Å². The number of piperidine rings is 1. The van der Waals surface area contributed by atoms with E-state index in [1.165, 1.54) is 0 Å². The Morgan fingerprint density at radius 2 is 1.61 bits per heavy atom. The molecule has 0 aromatic heterocycles. The first-order valence-electron chi connectivity index (χ1n) is 9.13. The SMILES string of the molecule is NC(=O)NCc1ccc(C(=O)N2CCC(C(=O)O)(c3ccccc3)CC2)cc1. The molecule has 2 aromatic carbocycles. The lowest BCUT2D eigenvalue weighted by Crippen LogP contribution is -2.49. The second kappa shape index (κ2) is 8.12. The van der Waals surface area contributed by atoms with Gasteiger partial charge >= 0.3 is 12.0 Å². The van der Waals surface area contributed by atoms with Crippen LogP contribution < -0.4 is 11.1 Å². The van der Waals surface area contributed by atoms with Crippen LogP contribution in [0.25, 0.3) is 0 Å². The molecule has 1 heterocycles. The van der Waals surface area contributed by atoms with Crippen LogP contribution in [-0.2, 0) is 16.8 Å². The van der Waals surface area contributed by atoms with E-state index in [4.69, 9.17) is 5.73 Å². The first kappa shape index (κ1) is 19.4. The molecule has 0 saturated carbocycles. The predicted molar refractivity (Wildman–Crippen MR) is 104 cm³/mol. The predicted octanol–water partition coefficient (Wildman–Crippen LogP) is 2.11. The zero-order valence-corrected chi connectivity index (χ0v) is 15.4. The normalized spacial score (nSPS) is 15.6. The van der Waals surface area contributed by atoms with E-state index >= 15 is 0 Å². The highest BCUT2D eigenvalue weighted by Crippen LogP contribution is 2.36. The minimum absolute atomic E-state index is 0.124. The van der Waals surface area contributed by atoms with Crippen molar-refractivity contribution in [3.63, 3.8) is 0 Å². The van der Waals surface area contributed by atoms with E-state index < -0.39 is 17.4 Å². The van der Waals surface area contributed by atoms with Gasteiger partial charge in [-0.25, -0.2) is 4.79 Å². The van der Waals surface area contributed by atoms with Gasteiger partial charge in [-0.05, 0) is 36.1 Å². The number of benzene rings is 2. The number of nitrogens with two attached hydrogens (primary N) is 1. The summed E-state index contributed by atoms with van der Waals surface area (Å²) in [4.78, 5) is 37.3. The van der Waals surface area contributed by atoms with E-state index in [1.807, 2.05) is 30.3 Å². The fraction of sp³-hybridized carbons (Fsp3) is 0.286. The zero-order valence-electron chi connectivity index (χ0n) is 15.4. The van der Waals surface area contributed by atoms with Crippen LogP contribution in [0.15, 0.2) is 54.6 Å². The van der Waals surface area contributed by atoms with E-state index in [0.29, 0.717) is 38.0 Å². The molecule has 28 heavy (non-hydrogen) atoms. The number of carboxylic acids is 1. The van der Waals surface area contributed by atoms with Gasteiger partial charge in [-0.2, -0.15) is 0 Å². The number of carboxylic acid groups (broad SMARTS) is 1. The van der Waals surface area contributed by atoms with E-state index in [1.54, 1.807) is 29.2 Å². The molecule has 0 spiro atoms. The summed E-state index contributed by atoms with van der Waals surface area (Å²) in [5, 5.41) is 12.4. The van der Waals surface area contributed by atoms with E-state index in [2.05, 4.69) is 5.32 Å². The molecular formula is C21H23N3O4. The molecule has 0 radical (unpaired) electrons. The van der Waals surface area contributed by atoms with Crippen LogP contribution >= 0.6 is 0 Å². The maximum absolute atomic E-state index is 12.8. The Morgan fingerprint density at radius 1 is 1.00 bits per heavy atom. The summed E-state index contributed by atoms with van der Waals surface area (Å²) in [6, 6.07) is 15.5. The summed E-state index contributed by atoms with van der Waals surface area (Å²) in [6.07, 6.45) is 0.747. The van der Waals surface area contributed by atoms with Gasteiger partial charge in [0.25, 0.3) is 5.91 Å². The average Bonchev–Trinajstić information content (AvgIpc) is 2.72. The molecule has 0 unspecified atom stereocenters. The third-order valence-corrected chi connectivity index (χ3v) is 5.31. The fourth-order valence-corrected chi connectivity index (χ4v) is 3.61. The van der Waals surface area contributed by atoms with Crippen molar-refractivity contribution in [3.8, 4) is 0 Å². The number of primary amides is 1. The second-order valence-corrected chi connectivity index (χ2v) is 6.96. The minimum atomic E-state index is -0.956. The van der Waals surface area contributed by atoms with Gasteiger partial charge in [0.2, 0.25) is 0 Å². The Kier molecular flexibility index (Phi) is 5.63. The molecule has 4 N–H and O–H groups in total. The highest BCUT2D eigenvalue weighted by Gasteiger charge is 2.43. The van der Waals surface area contributed by atoms with Crippen molar-refractivity contribution in [2.45, 2.75) is 24.8 Å².